The monoisotopic (exact) mass is 316 g/mol. The van der Waals surface area contributed by atoms with Gasteiger partial charge in [0.25, 0.3) is 5.91 Å². The number of hydrogen-bond donors (Lipinski definition) is 3. The van der Waals surface area contributed by atoms with Crippen molar-refractivity contribution in [1.82, 2.24) is 10.6 Å². The molecular weight excluding hydrogens is 290 g/mol. The molecule has 0 fully saturated rings. The Kier molecular flexibility index (Phi) is 6.35. The van der Waals surface area contributed by atoms with Crippen molar-refractivity contribution >= 4 is 17.5 Å². The molecule has 1 aromatic carbocycles. The summed E-state index contributed by atoms with van der Waals surface area (Å²) in [6.45, 7) is 5.94. The quantitative estimate of drug-likeness (QED) is 0.758. The Hall–Kier alpha value is -2.14. The van der Waals surface area contributed by atoms with Crippen LogP contribution < -0.4 is 15.5 Å². The van der Waals surface area contributed by atoms with Crippen molar-refractivity contribution in [2.45, 2.75) is 32.7 Å². The number of quaternary nitrogens is 1. The average molecular weight is 316 g/mol. The number of amides is 3. The average Bonchev–Trinajstić information content (AvgIpc) is 2.56. The minimum absolute atomic E-state index is 0.0708. The highest BCUT2D eigenvalue weighted by molar-refractivity contribution is 5.94. The largest absolute Gasteiger partial charge is 0.335 e. The van der Waals surface area contributed by atoms with Crippen molar-refractivity contribution in [1.29, 1.82) is 0 Å². The summed E-state index contributed by atoms with van der Waals surface area (Å²) in [5.41, 5.74) is 2.59. The van der Waals surface area contributed by atoms with E-state index in [-0.39, 0.29) is 11.9 Å². The SMILES string of the molecule is CC[C@H](C)NC(=O)NC(=O)C[NH+]1CC=C(c2ccccc2)CC1. The van der Waals surface area contributed by atoms with Gasteiger partial charge >= 0.3 is 6.03 Å². The minimum atomic E-state index is -0.402. The van der Waals surface area contributed by atoms with E-state index in [1.54, 1.807) is 0 Å². The first-order valence-electron chi connectivity index (χ1n) is 8.27. The second-order valence-corrected chi connectivity index (χ2v) is 6.06. The lowest BCUT2D eigenvalue weighted by Crippen LogP contribution is -3.13. The molecule has 0 bridgehead atoms. The van der Waals surface area contributed by atoms with Gasteiger partial charge in [0.2, 0.25) is 0 Å². The lowest BCUT2D eigenvalue weighted by atomic mass is 10.00. The molecule has 5 nitrogen and oxygen atoms in total. The summed E-state index contributed by atoms with van der Waals surface area (Å²) < 4.78 is 0. The lowest BCUT2D eigenvalue weighted by Gasteiger charge is -2.23. The fraction of sp³-hybridized carbons (Fsp3) is 0.444. The molecule has 0 spiro atoms. The van der Waals surface area contributed by atoms with E-state index in [0.29, 0.717) is 6.54 Å². The number of nitrogens with one attached hydrogen (secondary N) is 3. The van der Waals surface area contributed by atoms with Crippen LogP contribution in [0.15, 0.2) is 36.4 Å². The summed E-state index contributed by atoms with van der Waals surface area (Å²) >= 11 is 0. The standard InChI is InChI=1S/C18H25N3O2/c1-3-14(2)19-18(23)20-17(22)13-21-11-9-16(10-12-21)15-7-5-4-6-8-15/h4-9,14H,3,10-13H2,1-2H3,(H2,19,20,22,23)/p+1/t14-/m0/s1. The Morgan fingerprint density at radius 1 is 1.26 bits per heavy atom. The molecule has 0 radical (unpaired) electrons. The molecule has 1 unspecified atom stereocenters. The van der Waals surface area contributed by atoms with Gasteiger partial charge in [-0.05, 0) is 30.6 Å². The maximum absolute atomic E-state index is 11.9. The molecule has 124 valence electrons. The normalized spacial score (nSPS) is 18.7. The summed E-state index contributed by atoms with van der Waals surface area (Å²) in [7, 11) is 0. The number of rotatable bonds is 5. The molecule has 1 heterocycles. The van der Waals surface area contributed by atoms with Crippen LogP contribution in [0.5, 0.6) is 0 Å². The maximum Gasteiger partial charge on any atom is 0.321 e. The molecule has 5 heteroatoms. The Labute approximate surface area is 137 Å². The van der Waals surface area contributed by atoms with Gasteiger partial charge in [-0.1, -0.05) is 37.3 Å². The van der Waals surface area contributed by atoms with Crippen LogP contribution in [0.2, 0.25) is 0 Å². The van der Waals surface area contributed by atoms with Crippen LogP contribution in [0, 0.1) is 0 Å². The van der Waals surface area contributed by atoms with Gasteiger partial charge in [0, 0.05) is 12.5 Å². The van der Waals surface area contributed by atoms with Crippen molar-refractivity contribution in [3.8, 4) is 0 Å². The molecule has 23 heavy (non-hydrogen) atoms. The second kappa shape index (κ2) is 8.48. The Morgan fingerprint density at radius 3 is 2.61 bits per heavy atom. The third-order valence-electron chi connectivity index (χ3n) is 4.18. The van der Waals surface area contributed by atoms with E-state index in [4.69, 9.17) is 0 Å². The predicted molar refractivity (Wildman–Crippen MR) is 91.0 cm³/mol. The molecule has 0 aliphatic carbocycles. The summed E-state index contributed by atoms with van der Waals surface area (Å²) in [6.07, 6.45) is 3.98. The van der Waals surface area contributed by atoms with Gasteiger partial charge in [-0.3, -0.25) is 10.1 Å². The van der Waals surface area contributed by atoms with Gasteiger partial charge < -0.3 is 10.2 Å². The summed E-state index contributed by atoms with van der Waals surface area (Å²) in [4.78, 5) is 24.7. The molecule has 2 atom stereocenters. The first-order chi connectivity index (χ1) is 11.1. The van der Waals surface area contributed by atoms with Crippen LogP contribution >= 0.6 is 0 Å². The van der Waals surface area contributed by atoms with Crippen molar-refractivity contribution < 1.29 is 14.5 Å². The van der Waals surface area contributed by atoms with E-state index in [1.165, 1.54) is 16.0 Å². The van der Waals surface area contributed by atoms with Crippen molar-refractivity contribution in [3.63, 3.8) is 0 Å². The minimum Gasteiger partial charge on any atom is -0.335 e. The number of hydrogen-bond acceptors (Lipinski definition) is 2. The molecule has 1 aliphatic heterocycles. The third kappa shape index (κ3) is 5.53. The van der Waals surface area contributed by atoms with Crippen molar-refractivity contribution in [2.75, 3.05) is 19.6 Å². The number of urea groups is 1. The molecule has 2 rings (SSSR count). The number of imide groups is 1. The molecule has 3 amide bonds. The Bertz CT molecular complexity index is 569. The van der Waals surface area contributed by atoms with Gasteiger partial charge in [-0.25, -0.2) is 4.79 Å². The zero-order valence-electron chi connectivity index (χ0n) is 13.9. The van der Waals surface area contributed by atoms with Gasteiger partial charge in [-0.15, -0.1) is 0 Å². The predicted octanol–water partition coefficient (Wildman–Crippen LogP) is 0.983. The molecular formula is C18H26N3O2+. The molecule has 1 aromatic rings. The smallest absolute Gasteiger partial charge is 0.321 e. The Morgan fingerprint density at radius 2 is 2.00 bits per heavy atom. The zero-order valence-corrected chi connectivity index (χ0v) is 13.9. The molecule has 0 saturated carbocycles. The first kappa shape index (κ1) is 17.2. The zero-order chi connectivity index (χ0) is 16.7. The number of carbonyl (C=O) groups excluding carboxylic acids is 2. The number of benzene rings is 1. The van der Waals surface area contributed by atoms with Crippen LogP contribution in [0.3, 0.4) is 0 Å². The van der Waals surface area contributed by atoms with E-state index in [2.05, 4.69) is 28.8 Å². The van der Waals surface area contributed by atoms with Gasteiger partial charge in [-0.2, -0.15) is 0 Å². The molecule has 0 aromatic heterocycles. The van der Waals surface area contributed by atoms with E-state index < -0.39 is 6.03 Å². The second-order valence-electron chi connectivity index (χ2n) is 6.06. The van der Waals surface area contributed by atoms with Crippen LogP contribution in [0.25, 0.3) is 5.57 Å². The molecule has 0 saturated heterocycles. The van der Waals surface area contributed by atoms with Crippen LogP contribution in [-0.4, -0.2) is 37.6 Å². The summed E-state index contributed by atoms with van der Waals surface area (Å²) in [6, 6.07) is 9.99. The highest BCUT2D eigenvalue weighted by Gasteiger charge is 2.20. The van der Waals surface area contributed by atoms with Crippen molar-refractivity contribution in [2.24, 2.45) is 0 Å². The van der Waals surface area contributed by atoms with Crippen LogP contribution in [-0.2, 0) is 4.79 Å². The van der Waals surface area contributed by atoms with Crippen LogP contribution in [0.4, 0.5) is 4.79 Å². The van der Waals surface area contributed by atoms with E-state index in [1.807, 2.05) is 32.0 Å². The van der Waals surface area contributed by atoms with E-state index >= 15 is 0 Å². The highest BCUT2D eigenvalue weighted by Crippen LogP contribution is 2.17. The van der Waals surface area contributed by atoms with Gasteiger partial charge in [0.05, 0.1) is 13.1 Å². The highest BCUT2D eigenvalue weighted by atomic mass is 16.2. The Balaban J connectivity index is 1.78. The number of carbonyl (C=O) groups is 2. The fourth-order valence-electron chi connectivity index (χ4n) is 2.62. The third-order valence-corrected chi connectivity index (χ3v) is 4.18. The maximum atomic E-state index is 11.9. The topological polar surface area (TPSA) is 62.6 Å². The van der Waals surface area contributed by atoms with Crippen LogP contribution in [0.1, 0.15) is 32.3 Å². The van der Waals surface area contributed by atoms with Crippen molar-refractivity contribution in [3.05, 3.63) is 42.0 Å². The summed E-state index contributed by atoms with van der Waals surface area (Å²) in [5.74, 6) is -0.225. The summed E-state index contributed by atoms with van der Waals surface area (Å²) in [5, 5.41) is 5.14. The van der Waals surface area contributed by atoms with Gasteiger partial charge in [0.15, 0.2) is 6.54 Å². The van der Waals surface area contributed by atoms with E-state index in [9.17, 15) is 9.59 Å². The molecule has 3 N–H and O–H groups in total. The first-order valence-corrected chi connectivity index (χ1v) is 8.27. The molecule has 1 aliphatic rings. The van der Waals surface area contributed by atoms with E-state index in [0.717, 1.165) is 25.9 Å². The fourth-order valence-corrected chi connectivity index (χ4v) is 2.62. The van der Waals surface area contributed by atoms with Gasteiger partial charge in [0.1, 0.15) is 0 Å². The lowest BCUT2D eigenvalue weighted by molar-refractivity contribution is -0.886.